The second-order valence-corrected chi connectivity index (χ2v) is 13.5. The van der Waals surface area contributed by atoms with Gasteiger partial charge in [0.25, 0.3) is 0 Å². The zero-order chi connectivity index (χ0) is 29.3. The molecule has 0 radical (unpaired) electrons. The molecule has 7 aromatic carbocycles. The molecule has 0 atom stereocenters. The van der Waals surface area contributed by atoms with Crippen LogP contribution >= 0.6 is 11.3 Å². The Hall–Kier alpha value is -5.44. The van der Waals surface area contributed by atoms with Gasteiger partial charge in [-0.25, -0.2) is 0 Å². The average Bonchev–Trinajstić information content (AvgIpc) is 3.81. The van der Waals surface area contributed by atoms with Gasteiger partial charge in [-0.15, -0.1) is 11.3 Å². The Morgan fingerprint density at radius 3 is 1.80 bits per heavy atom. The fourth-order valence-corrected chi connectivity index (χ4v) is 9.84. The molecule has 1 spiro atoms. The van der Waals surface area contributed by atoms with Crippen LogP contribution in [-0.4, -0.2) is 4.57 Å². The number of aromatic nitrogens is 1. The molecule has 2 aromatic heterocycles. The van der Waals surface area contributed by atoms with Crippen molar-refractivity contribution in [3.63, 3.8) is 0 Å². The average molecular weight is 588 g/mol. The van der Waals surface area contributed by atoms with E-state index in [0.29, 0.717) is 0 Å². The quantitative estimate of drug-likeness (QED) is 0.180. The standard InChI is InChI=1S/C43H25NS/c1-6-16-34-27(11-1)28-12-2-7-17-35(28)43(34)36-18-8-3-15-32(36)41-37(43)23-22-31-29-13-4-9-19-38(29)44(42(31)41)26-21-24-40-33(25-26)30-14-5-10-20-39(30)45-40/h1-25H. The summed E-state index contributed by atoms with van der Waals surface area (Å²) in [4.78, 5) is 0. The van der Waals surface area contributed by atoms with Crippen molar-refractivity contribution in [3.05, 3.63) is 174 Å². The molecule has 0 fully saturated rings. The summed E-state index contributed by atoms with van der Waals surface area (Å²) >= 11 is 1.88. The van der Waals surface area contributed by atoms with E-state index in [2.05, 4.69) is 156 Å². The minimum absolute atomic E-state index is 0.359. The number of fused-ring (bicyclic) bond motifs is 17. The molecule has 2 heterocycles. The van der Waals surface area contributed by atoms with Crippen molar-refractivity contribution in [1.82, 2.24) is 4.57 Å². The highest BCUT2D eigenvalue weighted by Gasteiger charge is 2.52. The highest BCUT2D eigenvalue weighted by molar-refractivity contribution is 7.25. The second kappa shape index (κ2) is 8.38. The fourth-order valence-electron chi connectivity index (χ4n) is 8.75. The normalized spacial score (nSPS) is 14.0. The second-order valence-electron chi connectivity index (χ2n) is 12.4. The number of benzene rings is 7. The van der Waals surface area contributed by atoms with E-state index in [-0.39, 0.29) is 5.41 Å². The Morgan fingerprint density at radius 2 is 1.02 bits per heavy atom. The molecule has 2 aliphatic carbocycles. The summed E-state index contributed by atoms with van der Waals surface area (Å²) in [5.41, 5.74) is 14.2. The molecular formula is C43H25NS. The first kappa shape index (κ1) is 23.9. The molecule has 0 N–H and O–H groups in total. The smallest absolute Gasteiger partial charge is 0.0726 e. The van der Waals surface area contributed by atoms with Crippen molar-refractivity contribution in [2.75, 3.05) is 0 Å². The van der Waals surface area contributed by atoms with Gasteiger partial charge in [-0.2, -0.15) is 0 Å². The van der Waals surface area contributed by atoms with Crippen molar-refractivity contribution in [1.29, 1.82) is 0 Å². The van der Waals surface area contributed by atoms with Crippen molar-refractivity contribution >= 4 is 53.3 Å². The maximum Gasteiger partial charge on any atom is 0.0726 e. The summed E-state index contributed by atoms with van der Waals surface area (Å²) in [5, 5.41) is 5.23. The van der Waals surface area contributed by atoms with Gasteiger partial charge in [0.05, 0.1) is 16.4 Å². The number of hydrogen-bond acceptors (Lipinski definition) is 1. The van der Waals surface area contributed by atoms with Crippen LogP contribution in [0.15, 0.2) is 152 Å². The molecule has 1 nitrogen and oxygen atoms in total. The molecule has 0 saturated heterocycles. The summed E-state index contributed by atoms with van der Waals surface area (Å²) in [6.07, 6.45) is 0. The Labute approximate surface area is 264 Å². The predicted octanol–water partition coefficient (Wildman–Crippen LogP) is 11.5. The molecule has 0 saturated carbocycles. The number of rotatable bonds is 1. The zero-order valence-corrected chi connectivity index (χ0v) is 25.1. The van der Waals surface area contributed by atoms with Crippen molar-refractivity contribution < 1.29 is 0 Å². The summed E-state index contributed by atoms with van der Waals surface area (Å²) in [7, 11) is 0. The summed E-state index contributed by atoms with van der Waals surface area (Å²) in [6.45, 7) is 0. The minimum Gasteiger partial charge on any atom is -0.309 e. The molecule has 0 amide bonds. The van der Waals surface area contributed by atoms with E-state index in [4.69, 9.17) is 0 Å². The van der Waals surface area contributed by atoms with Crippen LogP contribution in [0.3, 0.4) is 0 Å². The van der Waals surface area contributed by atoms with Gasteiger partial charge in [0.2, 0.25) is 0 Å². The third-order valence-corrected chi connectivity index (χ3v) is 11.6. The Morgan fingerprint density at radius 1 is 0.422 bits per heavy atom. The van der Waals surface area contributed by atoms with Gasteiger partial charge in [0.1, 0.15) is 0 Å². The lowest BCUT2D eigenvalue weighted by atomic mass is 9.70. The van der Waals surface area contributed by atoms with Gasteiger partial charge in [0.15, 0.2) is 0 Å². The first-order chi connectivity index (χ1) is 22.3. The fraction of sp³-hybridized carbons (Fsp3) is 0.0233. The zero-order valence-electron chi connectivity index (χ0n) is 24.3. The number of nitrogens with zero attached hydrogens (tertiary/aromatic N) is 1. The van der Waals surface area contributed by atoms with Crippen molar-refractivity contribution in [2.24, 2.45) is 0 Å². The lowest BCUT2D eigenvalue weighted by Gasteiger charge is -2.30. The third kappa shape index (κ3) is 2.80. The molecule has 45 heavy (non-hydrogen) atoms. The summed E-state index contributed by atoms with van der Waals surface area (Å²) in [5.74, 6) is 0. The highest BCUT2D eigenvalue weighted by Crippen LogP contribution is 2.64. The number of thiophene rings is 1. The maximum atomic E-state index is 2.54. The van der Waals surface area contributed by atoms with Crippen LogP contribution in [-0.2, 0) is 5.41 Å². The number of hydrogen-bond donors (Lipinski definition) is 0. The van der Waals surface area contributed by atoms with Crippen LogP contribution < -0.4 is 0 Å². The molecule has 9 aromatic rings. The lowest BCUT2D eigenvalue weighted by Crippen LogP contribution is -2.25. The van der Waals surface area contributed by atoms with E-state index in [9.17, 15) is 0 Å². The van der Waals surface area contributed by atoms with Crippen LogP contribution in [0.2, 0.25) is 0 Å². The van der Waals surface area contributed by atoms with Crippen LogP contribution in [0.4, 0.5) is 0 Å². The molecule has 208 valence electrons. The first-order valence-corrected chi connectivity index (χ1v) is 16.4. The SMILES string of the molecule is c1ccc2c(c1)-c1ccccc1C21c2ccccc2-c2c1ccc1c3ccccc3n(-c3ccc4sc5ccccc5c4c3)c21. The van der Waals surface area contributed by atoms with Gasteiger partial charge in [-0.3, -0.25) is 0 Å². The first-order valence-electron chi connectivity index (χ1n) is 15.6. The van der Waals surface area contributed by atoms with E-state index in [1.807, 2.05) is 11.3 Å². The van der Waals surface area contributed by atoms with Gasteiger partial charge in [-0.1, -0.05) is 121 Å². The summed E-state index contributed by atoms with van der Waals surface area (Å²) in [6, 6.07) is 56.9. The van der Waals surface area contributed by atoms with Gasteiger partial charge >= 0.3 is 0 Å². The van der Waals surface area contributed by atoms with Gasteiger partial charge < -0.3 is 4.57 Å². The number of para-hydroxylation sites is 1. The molecule has 2 heteroatoms. The van der Waals surface area contributed by atoms with Gasteiger partial charge in [-0.05, 0) is 69.3 Å². The highest BCUT2D eigenvalue weighted by atomic mass is 32.1. The van der Waals surface area contributed by atoms with Crippen LogP contribution in [0.25, 0.3) is 69.9 Å². The third-order valence-electron chi connectivity index (χ3n) is 10.4. The molecule has 0 aliphatic heterocycles. The van der Waals surface area contributed by atoms with E-state index >= 15 is 0 Å². The van der Waals surface area contributed by atoms with Crippen molar-refractivity contribution in [2.45, 2.75) is 5.41 Å². The largest absolute Gasteiger partial charge is 0.309 e. The Kier molecular flexibility index (Phi) is 4.46. The van der Waals surface area contributed by atoms with Crippen LogP contribution in [0.5, 0.6) is 0 Å². The van der Waals surface area contributed by atoms with E-state index in [0.717, 1.165) is 0 Å². The lowest BCUT2D eigenvalue weighted by molar-refractivity contribution is 0.794. The molecule has 0 unspecified atom stereocenters. The van der Waals surface area contributed by atoms with E-state index in [1.165, 1.54) is 92.2 Å². The summed E-state index contributed by atoms with van der Waals surface area (Å²) < 4.78 is 5.20. The van der Waals surface area contributed by atoms with Crippen LogP contribution in [0.1, 0.15) is 22.3 Å². The van der Waals surface area contributed by atoms with E-state index < -0.39 is 0 Å². The monoisotopic (exact) mass is 587 g/mol. The minimum atomic E-state index is -0.359. The van der Waals surface area contributed by atoms with Crippen molar-refractivity contribution in [3.8, 4) is 27.9 Å². The topological polar surface area (TPSA) is 4.93 Å². The molecule has 11 rings (SSSR count). The Balaban J connectivity index is 1.33. The van der Waals surface area contributed by atoms with Gasteiger partial charge in [0, 0.05) is 42.2 Å². The Bertz CT molecular complexity index is 2670. The maximum absolute atomic E-state index is 2.54. The molecule has 0 bridgehead atoms. The van der Waals surface area contributed by atoms with Crippen LogP contribution in [0, 0.1) is 0 Å². The predicted molar refractivity (Wildman–Crippen MR) is 190 cm³/mol. The molecular weight excluding hydrogens is 563 g/mol. The van der Waals surface area contributed by atoms with E-state index in [1.54, 1.807) is 0 Å². The molecule has 2 aliphatic rings.